The molecule has 0 atom stereocenters. The van der Waals surface area contributed by atoms with E-state index < -0.39 is 0 Å². The van der Waals surface area contributed by atoms with E-state index in [-0.39, 0.29) is 0 Å². The molecule has 2 radical (unpaired) electrons. The Hall–Kier alpha value is -0.520. The first kappa shape index (κ1) is 8.48. The Morgan fingerprint density at radius 3 is 1.67 bits per heavy atom. The molecule has 0 saturated carbocycles. The van der Waals surface area contributed by atoms with Crippen molar-refractivity contribution in [2.24, 2.45) is 0 Å². The third-order valence-electron chi connectivity index (χ3n) is 1.07. The van der Waals surface area contributed by atoms with Crippen molar-refractivity contribution >= 4 is 0 Å². The summed E-state index contributed by atoms with van der Waals surface area (Å²) in [5.41, 5.74) is 0. The maximum Gasteiger partial charge on any atom is -0.0316 e. The summed E-state index contributed by atoms with van der Waals surface area (Å²) in [6.45, 7) is 7.19. The summed E-state index contributed by atoms with van der Waals surface area (Å²) in [4.78, 5) is 0. The van der Waals surface area contributed by atoms with Gasteiger partial charge in [0.15, 0.2) is 0 Å². The largest absolute Gasteiger partial charge is 0.0885 e. The average molecular weight is 122 g/mol. The van der Waals surface area contributed by atoms with Gasteiger partial charge in [-0.15, -0.1) is 0 Å². The molecule has 0 amide bonds. The van der Waals surface area contributed by atoms with Gasteiger partial charge in [-0.2, -0.15) is 0 Å². The molecule has 0 heteroatoms. The summed E-state index contributed by atoms with van der Waals surface area (Å²) < 4.78 is 0. The fraction of sp³-hybridized carbons (Fsp3) is 0.333. The van der Waals surface area contributed by atoms with Crippen LogP contribution in [0.2, 0.25) is 0 Å². The van der Waals surface area contributed by atoms with Gasteiger partial charge in [-0.05, 0) is 33.1 Å². The van der Waals surface area contributed by atoms with E-state index in [9.17, 15) is 0 Å². The summed E-state index contributed by atoms with van der Waals surface area (Å²) in [7, 11) is 0. The second-order valence-electron chi connectivity index (χ2n) is 1.87. The van der Waals surface area contributed by atoms with Gasteiger partial charge in [0.2, 0.25) is 0 Å². The molecular weight excluding hydrogens is 108 g/mol. The van der Waals surface area contributed by atoms with Crippen molar-refractivity contribution < 1.29 is 0 Å². The molecule has 0 aliphatic heterocycles. The van der Waals surface area contributed by atoms with E-state index in [2.05, 4.69) is 26.0 Å². The summed E-state index contributed by atoms with van der Waals surface area (Å²) in [5.74, 6) is 0. The molecule has 0 bridgehead atoms. The van der Waals surface area contributed by atoms with Gasteiger partial charge in [0.25, 0.3) is 0 Å². The van der Waals surface area contributed by atoms with E-state index >= 15 is 0 Å². The van der Waals surface area contributed by atoms with Crippen LogP contribution in [0.25, 0.3) is 0 Å². The van der Waals surface area contributed by atoms with Crippen LogP contribution in [0.15, 0.2) is 24.3 Å². The maximum absolute atomic E-state index is 3.59. The average Bonchev–Trinajstić information content (AvgIpc) is 1.89. The molecule has 0 unspecified atom stereocenters. The quantitative estimate of drug-likeness (QED) is 0.503. The molecule has 50 valence electrons. The van der Waals surface area contributed by atoms with Crippen molar-refractivity contribution in [1.29, 1.82) is 0 Å². The Bertz CT molecular complexity index is 76.2. The molecule has 0 nitrogen and oxygen atoms in total. The first-order valence-corrected chi connectivity index (χ1v) is 3.30. The zero-order valence-electron chi connectivity index (χ0n) is 5.84. The number of rotatable bonds is 4. The van der Waals surface area contributed by atoms with Crippen LogP contribution in [-0.4, -0.2) is 0 Å². The van der Waals surface area contributed by atoms with Gasteiger partial charge in [-0.3, -0.25) is 0 Å². The van der Waals surface area contributed by atoms with Crippen LogP contribution in [0.3, 0.4) is 0 Å². The third kappa shape index (κ3) is 7.48. The standard InChI is InChI=1S/C9H14/c1-3-5-7-9-8-6-4-2/h3-6H,1-2,7-9H2/b5-3+,6-4+. The topological polar surface area (TPSA) is 0 Å². The summed E-state index contributed by atoms with van der Waals surface area (Å²) >= 11 is 0. The normalized spacial score (nSPS) is 11.8. The third-order valence-corrected chi connectivity index (χ3v) is 1.07. The van der Waals surface area contributed by atoms with Crippen molar-refractivity contribution in [2.75, 3.05) is 0 Å². The summed E-state index contributed by atoms with van der Waals surface area (Å²) in [6.07, 6.45) is 11.3. The first-order chi connectivity index (χ1) is 4.41. The molecule has 0 N–H and O–H groups in total. The van der Waals surface area contributed by atoms with E-state index in [1.165, 1.54) is 6.42 Å². The molecule has 0 spiro atoms. The SMILES string of the molecule is [CH2]/C=C/CCC/C=C/[CH2]. The fourth-order valence-electron chi connectivity index (χ4n) is 0.589. The Kier molecular flexibility index (Phi) is 7.05. The highest BCUT2D eigenvalue weighted by Crippen LogP contribution is 1.96. The lowest BCUT2D eigenvalue weighted by Crippen LogP contribution is -1.66. The number of hydrogen-bond donors (Lipinski definition) is 0. The second-order valence-corrected chi connectivity index (χ2v) is 1.87. The van der Waals surface area contributed by atoms with Crippen molar-refractivity contribution in [3.63, 3.8) is 0 Å². The van der Waals surface area contributed by atoms with Gasteiger partial charge < -0.3 is 0 Å². The van der Waals surface area contributed by atoms with E-state index in [4.69, 9.17) is 0 Å². The maximum atomic E-state index is 3.59. The van der Waals surface area contributed by atoms with E-state index in [0.29, 0.717) is 0 Å². The molecule has 0 aliphatic carbocycles. The van der Waals surface area contributed by atoms with E-state index in [1.54, 1.807) is 0 Å². The van der Waals surface area contributed by atoms with Crippen molar-refractivity contribution in [3.05, 3.63) is 38.2 Å². The van der Waals surface area contributed by atoms with E-state index in [0.717, 1.165) is 12.8 Å². The minimum absolute atomic E-state index is 1.13. The summed E-state index contributed by atoms with van der Waals surface area (Å²) in [5, 5.41) is 0. The van der Waals surface area contributed by atoms with Gasteiger partial charge in [0.1, 0.15) is 0 Å². The number of unbranched alkanes of at least 4 members (excludes halogenated alkanes) is 2. The fourth-order valence-corrected chi connectivity index (χ4v) is 0.589. The van der Waals surface area contributed by atoms with Gasteiger partial charge >= 0.3 is 0 Å². The highest BCUT2D eigenvalue weighted by molar-refractivity contribution is 4.87. The second kappa shape index (κ2) is 7.48. The molecule has 0 aliphatic rings. The molecular formula is C9H14. The zero-order valence-corrected chi connectivity index (χ0v) is 5.84. The van der Waals surface area contributed by atoms with Crippen molar-refractivity contribution in [3.8, 4) is 0 Å². The molecule has 0 aromatic rings. The highest BCUT2D eigenvalue weighted by atomic mass is 13.8. The van der Waals surface area contributed by atoms with Gasteiger partial charge in [0, 0.05) is 0 Å². The Morgan fingerprint density at radius 2 is 1.33 bits per heavy atom. The monoisotopic (exact) mass is 122 g/mol. The van der Waals surface area contributed by atoms with Crippen LogP contribution in [0, 0.1) is 13.8 Å². The molecule has 9 heavy (non-hydrogen) atoms. The molecule has 0 saturated heterocycles. The van der Waals surface area contributed by atoms with Gasteiger partial charge in [-0.1, -0.05) is 24.3 Å². The van der Waals surface area contributed by atoms with Crippen LogP contribution in [0.1, 0.15) is 19.3 Å². The smallest absolute Gasteiger partial charge is 0.0316 e. The number of hydrogen-bond acceptors (Lipinski definition) is 0. The predicted octanol–water partition coefficient (Wildman–Crippen LogP) is 2.94. The van der Waals surface area contributed by atoms with Crippen LogP contribution in [0.4, 0.5) is 0 Å². The minimum atomic E-state index is 1.13. The van der Waals surface area contributed by atoms with Crippen molar-refractivity contribution in [1.82, 2.24) is 0 Å². The molecule has 0 rings (SSSR count). The molecule has 0 fully saturated rings. The molecule has 0 heterocycles. The van der Waals surface area contributed by atoms with Crippen LogP contribution in [-0.2, 0) is 0 Å². The molecule has 0 aromatic heterocycles. The lowest BCUT2D eigenvalue weighted by atomic mass is 10.2. The van der Waals surface area contributed by atoms with Crippen LogP contribution >= 0.6 is 0 Å². The Balaban J connectivity index is 2.91. The van der Waals surface area contributed by atoms with E-state index in [1.807, 2.05) is 12.2 Å². The lowest BCUT2D eigenvalue weighted by molar-refractivity contribution is 0.868. The molecule has 0 aromatic carbocycles. The van der Waals surface area contributed by atoms with Crippen LogP contribution in [0.5, 0.6) is 0 Å². The zero-order chi connectivity index (χ0) is 6.95. The van der Waals surface area contributed by atoms with Gasteiger partial charge in [-0.25, -0.2) is 0 Å². The highest BCUT2D eigenvalue weighted by Gasteiger charge is 1.76. The Morgan fingerprint density at radius 1 is 0.889 bits per heavy atom. The predicted molar refractivity (Wildman–Crippen MR) is 42.8 cm³/mol. The first-order valence-electron chi connectivity index (χ1n) is 3.30. The Labute approximate surface area is 58.3 Å². The summed E-state index contributed by atoms with van der Waals surface area (Å²) in [6, 6.07) is 0. The van der Waals surface area contributed by atoms with Gasteiger partial charge in [0.05, 0.1) is 0 Å². The van der Waals surface area contributed by atoms with Crippen molar-refractivity contribution in [2.45, 2.75) is 19.3 Å². The lowest BCUT2D eigenvalue weighted by Gasteiger charge is -1.86. The number of allylic oxidation sites excluding steroid dienone is 4. The van der Waals surface area contributed by atoms with Crippen LogP contribution < -0.4 is 0 Å². The minimum Gasteiger partial charge on any atom is -0.0885 e.